The van der Waals surface area contributed by atoms with Crippen molar-refractivity contribution in [1.29, 1.82) is 0 Å². The van der Waals surface area contributed by atoms with Gasteiger partial charge in [-0.25, -0.2) is 0 Å². The first-order valence-corrected chi connectivity index (χ1v) is 3.59. The Labute approximate surface area is 84.2 Å². The summed E-state index contributed by atoms with van der Waals surface area (Å²) in [7, 11) is 0. The highest BCUT2D eigenvalue weighted by Gasteiger charge is 2.15. The summed E-state index contributed by atoms with van der Waals surface area (Å²) in [5.74, 6) is -2.81. The van der Waals surface area contributed by atoms with E-state index in [2.05, 4.69) is 0 Å². The monoisotopic (exact) mass is 214 g/mol. The van der Waals surface area contributed by atoms with E-state index in [0.29, 0.717) is 0 Å². The second kappa shape index (κ2) is 4.29. The number of hydrogen-bond donors (Lipinski definition) is 4. The van der Waals surface area contributed by atoms with E-state index in [1.807, 2.05) is 0 Å². The van der Waals surface area contributed by atoms with Crippen molar-refractivity contribution >= 4 is 11.8 Å². The van der Waals surface area contributed by atoms with Crippen LogP contribution in [0.2, 0.25) is 0 Å². The quantitative estimate of drug-likeness (QED) is 0.440. The lowest BCUT2D eigenvalue weighted by Crippen LogP contribution is -2.14. The Balaban J connectivity index is 0.00000196. The number of hydrogen-bond acceptors (Lipinski definition) is 4. The molecule has 1 aromatic carbocycles. The molecule has 7 nitrogen and oxygen atoms in total. The molecule has 0 unspecified atom stereocenters. The highest BCUT2D eigenvalue weighted by molar-refractivity contribution is 6.01. The Morgan fingerprint density at radius 1 is 0.933 bits per heavy atom. The first-order chi connectivity index (χ1) is 6.43. The normalized spacial score (nSPS) is 9.07. The van der Waals surface area contributed by atoms with Gasteiger partial charge in [-0.1, -0.05) is 0 Å². The highest BCUT2D eigenvalue weighted by atomic mass is 16.3. The molecular weight excluding hydrogens is 204 g/mol. The van der Waals surface area contributed by atoms with Crippen molar-refractivity contribution < 1.29 is 25.3 Å². The molecule has 1 aromatic rings. The third-order valence-electron chi connectivity index (χ3n) is 1.64. The first kappa shape index (κ1) is 12.7. The minimum atomic E-state index is -0.908. The summed E-state index contributed by atoms with van der Waals surface area (Å²) in [6.45, 7) is 0. The smallest absolute Gasteiger partial charge is 0.252 e. The van der Waals surface area contributed by atoms with Crippen molar-refractivity contribution in [3.8, 4) is 11.5 Å². The fourth-order valence-electron chi connectivity index (χ4n) is 0.972. The van der Waals surface area contributed by atoms with Gasteiger partial charge in [0.1, 0.15) is 11.5 Å². The van der Waals surface area contributed by atoms with Gasteiger partial charge in [0.15, 0.2) is 0 Å². The highest BCUT2D eigenvalue weighted by Crippen LogP contribution is 2.26. The molecule has 0 bridgehead atoms. The van der Waals surface area contributed by atoms with Crippen LogP contribution < -0.4 is 11.5 Å². The summed E-state index contributed by atoms with van der Waals surface area (Å²) in [5, 5.41) is 18.4. The van der Waals surface area contributed by atoms with Crippen molar-refractivity contribution in [3.63, 3.8) is 0 Å². The zero-order valence-corrected chi connectivity index (χ0v) is 7.52. The number of carbonyl (C=O) groups excluding carboxylic acids is 2. The predicted molar refractivity (Wildman–Crippen MR) is 50.4 cm³/mol. The van der Waals surface area contributed by atoms with Crippen molar-refractivity contribution in [3.05, 3.63) is 23.3 Å². The largest absolute Gasteiger partial charge is 0.507 e. The molecule has 15 heavy (non-hydrogen) atoms. The molecule has 1 rings (SSSR count). The number of phenols is 2. The minimum Gasteiger partial charge on any atom is -0.507 e. The molecule has 0 saturated heterocycles. The molecule has 0 aromatic heterocycles. The van der Waals surface area contributed by atoms with Crippen LogP contribution in [0.3, 0.4) is 0 Å². The molecule has 0 heterocycles. The maximum absolute atomic E-state index is 10.7. The molecule has 0 atom stereocenters. The van der Waals surface area contributed by atoms with Gasteiger partial charge < -0.3 is 27.2 Å². The predicted octanol–water partition coefficient (Wildman–Crippen LogP) is -1.53. The fourth-order valence-corrected chi connectivity index (χ4v) is 0.972. The van der Waals surface area contributed by atoms with Gasteiger partial charge in [0, 0.05) is 0 Å². The van der Waals surface area contributed by atoms with Gasteiger partial charge in [0.25, 0.3) is 11.8 Å². The van der Waals surface area contributed by atoms with E-state index in [1.165, 1.54) is 0 Å². The number of primary amides is 2. The van der Waals surface area contributed by atoms with E-state index in [1.54, 1.807) is 0 Å². The van der Waals surface area contributed by atoms with Gasteiger partial charge in [-0.05, 0) is 12.1 Å². The fraction of sp³-hybridized carbons (Fsp3) is 0. The average molecular weight is 214 g/mol. The van der Waals surface area contributed by atoms with E-state index in [9.17, 15) is 19.8 Å². The third-order valence-corrected chi connectivity index (χ3v) is 1.64. The van der Waals surface area contributed by atoms with Crippen molar-refractivity contribution in [2.75, 3.05) is 0 Å². The van der Waals surface area contributed by atoms with Gasteiger partial charge in [-0.15, -0.1) is 0 Å². The number of carbonyl (C=O) groups is 2. The Morgan fingerprint density at radius 3 is 1.40 bits per heavy atom. The van der Waals surface area contributed by atoms with Crippen LogP contribution in [0.15, 0.2) is 12.1 Å². The maximum Gasteiger partial charge on any atom is 0.252 e. The molecule has 0 fully saturated rings. The maximum atomic E-state index is 10.7. The summed E-state index contributed by atoms with van der Waals surface area (Å²) in [6.07, 6.45) is 0. The lowest BCUT2D eigenvalue weighted by Gasteiger charge is -2.04. The van der Waals surface area contributed by atoms with Gasteiger partial charge in [0.2, 0.25) is 0 Å². The van der Waals surface area contributed by atoms with Gasteiger partial charge in [0.05, 0.1) is 11.1 Å². The second-order valence-electron chi connectivity index (χ2n) is 2.62. The second-order valence-corrected chi connectivity index (χ2v) is 2.62. The van der Waals surface area contributed by atoms with Crippen molar-refractivity contribution in [1.82, 2.24) is 0 Å². The summed E-state index contributed by atoms with van der Waals surface area (Å²) >= 11 is 0. The number of benzene rings is 1. The van der Waals surface area contributed by atoms with Gasteiger partial charge in [-0.3, -0.25) is 9.59 Å². The van der Waals surface area contributed by atoms with Gasteiger partial charge in [-0.2, -0.15) is 0 Å². The summed E-state index contributed by atoms with van der Waals surface area (Å²) in [5.41, 5.74) is 9.23. The standard InChI is InChI=1S/C8H8N2O4.H2O/c9-7(13)3-1-5(11)4(8(10)14)2-6(3)12;/h1-2,11-12H,(H2,9,13)(H2,10,14);1H2. The molecule has 0 spiro atoms. The molecule has 82 valence electrons. The summed E-state index contributed by atoms with van der Waals surface area (Å²) in [4.78, 5) is 21.4. The van der Waals surface area contributed by atoms with E-state index < -0.39 is 23.3 Å². The first-order valence-electron chi connectivity index (χ1n) is 3.59. The number of amides is 2. The molecule has 2 amide bonds. The van der Waals surface area contributed by atoms with E-state index in [-0.39, 0.29) is 16.6 Å². The topological polar surface area (TPSA) is 158 Å². The lowest BCUT2D eigenvalue weighted by molar-refractivity contribution is 0.0983. The van der Waals surface area contributed by atoms with Crippen molar-refractivity contribution in [2.24, 2.45) is 11.5 Å². The average Bonchev–Trinajstić information content (AvgIpc) is 2.07. The minimum absolute atomic E-state index is 0. The molecule has 8 N–H and O–H groups in total. The van der Waals surface area contributed by atoms with Gasteiger partial charge >= 0.3 is 0 Å². The molecule has 0 aliphatic carbocycles. The summed E-state index contributed by atoms with van der Waals surface area (Å²) in [6, 6.07) is 1.77. The van der Waals surface area contributed by atoms with Crippen LogP contribution in [0.1, 0.15) is 20.7 Å². The van der Waals surface area contributed by atoms with Crippen LogP contribution in [-0.2, 0) is 0 Å². The molecule has 0 saturated carbocycles. The van der Waals surface area contributed by atoms with Crippen LogP contribution in [0.5, 0.6) is 11.5 Å². The zero-order chi connectivity index (χ0) is 10.9. The third kappa shape index (κ3) is 2.35. The molecular formula is C8H10N2O5. The Hall–Kier alpha value is -2.28. The molecule has 0 radical (unpaired) electrons. The summed E-state index contributed by atoms with van der Waals surface area (Å²) < 4.78 is 0. The molecule has 7 heteroatoms. The molecule has 0 aliphatic rings. The Kier molecular flexibility index (Phi) is 3.64. The van der Waals surface area contributed by atoms with Crippen LogP contribution in [0, 0.1) is 0 Å². The van der Waals surface area contributed by atoms with Crippen molar-refractivity contribution in [2.45, 2.75) is 0 Å². The number of rotatable bonds is 2. The number of aromatic hydroxyl groups is 2. The SMILES string of the molecule is NC(=O)c1cc(O)c(C(N)=O)cc1O.O. The van der Waals surface area contributed by atoms with Crippen LogP contribution in [0.25, 0.3) is 0 Å². The van der Waals surface area contributed by atoms with Crippen LogP contribution in [-0.4, -0.2) is 27.5 Å². The Bertz CT molecular complexity index is 376. The van der Waals surface area contributed by atoms with Crippen LogP contribution >= 0.6 is 0 Å². The van der Waals surface area contributed by atoms with Crippen LogP contribution in [0.4, 0.5) is 0 Å². The lowest BCUT2D eigenvalue weighted by atomic mass is 10.1. The van der Waals surface area contributed by atoms with E-state index >= 15 is 0 Å². The zero-order valence-electron chi connectivity index (χ0n) is 7.52. The Morgan fingerprint density at radius 2 is 1.20 bits per heavy atom. The molecule has 0 aliphatic heterocycles. The number of nitrogens with two attached hydrogens (primary N) is 2. The van der Waals surface area contributed by atoms with E-state index in [4.69, 9.17) is 11.5 Å². The van der Waals surface area contributed by atoms with E-state index in [0.717, 1.165) is 12.1 Å².